The maximum atomic E-state index is 13.0. The summed E-state index contributed by atoms with van der Waals surface area (Å²) in [6.45, 7) is 4.25. The van der Waals surface area contributed by atoms with Crippen molar-refractivity contribution in [3.63, 3.8) is 0 Å². The van der Waals surface area contributed by atoms with Gasteiger partial charge in [-0.05, 0) is 48.9 Å². The molecule has 0 unspecified atom stereocenters. The molecular weight excluding hydrogens is 388 g/mol. The van der Waals surface area contributed by atoms with Crippen LogP contribution in [0.15, 0.2) is 48.5 Å². The molecule has 1 amide bonds. The molecule has 2 aromatic carbocycles. The van der Waals surface area contributed by atoms with E-state index >= 15 is 0 Å². The number of amides is 1. The van der Waals surface area contributed by atoms with Crippen molar-refractivity contribution in [2.24, 2.45) is 0 Å². The molecule has 1 aliphatic heterocycles. The summed E-state index contributed by atoms with van der Waals surface area (Å²) in [5, 5.41) is 0. The van der Waals surface area contributed by atoms with Gasteiger partial charge in [-0.25, -0.2) is 4.39 Å². The van der Waals surface area contributed by atoms with Crippen LogP contribution >= 0.6 is 0 Å². The molecular formula is C21H22F4N2O2. The first-order valence-electron chi connectivity index (χ1n) is 9.29. The number of halogens is 4. The average Bonchev–Trinajstić information content (AvgIpc) is 2.68. The van der Waals surface area contributed by atoms with E-state index in [0.29, 0.717) is 26.2 Å². The summed E-state index contributed by atoms with van der Waals surface area (Å²) in [4.78, 5) is 16.4. The van der Waals surface area contributed by atoms with Gasteiger partial charge in [0.25, 0.3) is 5.91 Å². The molecule has 0 bridgehead atoms. The van der Waals surface area contributed by atoms with Gasteiger partial charge in [0.2, 0.25) is 0 Å². The van der Waals surface area contributed by atoms with Crippen LogP contribution in [-0.2, 0) is 17.5 Å². The van der Waals surface area contributed by atoms with Crippen molar-refractivity contribution in [1.29, 1.82) is 0 Å². The van der Waals surface area contributed by atoms with Crippen molar-refractivity contribution >= 4 is 5.91 Å². The van der Waals surface area contributed by atoms with Gasteiger partial charge < -0.3 is 9.64 Å². The Balaban J connectivity index is 1.48. The fraction of sp³-hybridized carbons (Fsp3) is 0.381. The Kier molecular flexibility index (Phi) is 6.42. The van der Waals surface area contributed by atoms with Gasteiger partial charge in [-0.15, -0.1) is 0 Å². The first-order valence-corrected chi connectivity index (χ1v) is 9.29. The number of hydrogen-bond acceptors (Lipinski definition) is 3. The fourth-order valence-electron chi connectivity index (χ4n) is 3.36. The van der Waals surface area contributed by atoms with Crippen molar-refractivity contribution < 1.29 is 27.1 Å². The van der Waals surface area contributed by atoms with Crippen LogP contribution in [0.1, 0.15) is 18.1 Å². The van der Waals surface area contributed by atoms with E-state index < -0.39 is 11.7 Å². The number of piperazine rings is 1. The zero-order valence-electron chi connectivity index (χ0n) is 16.0. The highest BCUT2D eigenvalue weighted by Crippen LogP contribution is 2.30. The Bertz CT molecular complexity index is 822. The molecule has 0 saturated carbocycles. The van der Waals surface area contributed by atoms with E-state index in [-0.39, 0.29) is 30.1 Å². The maximum Gasteiger partial charge on any atom is 0.416 e. The fourth-order valence-corrected chi connectivity index (χ4v) is 3.36. The molecule has 1 saturated heterocycles. The van der Waals surface area contributed by atoms with Gasteiger partial charge in [-0.1, -0.05) is 12.1 Å². The predicted molar refractivity (Wildman–Crippen MR) is 99.8 cm³/mol. The lowest BCUT2D eigenvalue weighted by molar-refractivity contribution is -0.139. The minimum atomic E-state index is -4.41. The van der Waals surface area contributed by atoms with Crippen LogP contribution in [-0.4, -0.2) is 48.0 Å². The Hall–Kier alpha value is -2.61. The predicted octanol–water partition coefficient (Wildman–Crippen LogP) is 3.96. The third kappa shape index (κ3) is 5.69. The van der Waals surface area contributed by atoms with Crippen LogP contribution in [0.4, 0.5) is 17.6 Å². The number of alkyl halides is 3. The summed E-state index contributed by atoms with van der Waals surface area (Å²) < 4.78 is 56.1. The highest BCUT2D eigenvalue weighted by Gasteiger charge is 2.30. The van der Waals surface area contributed by atoms with Crippen molar-refractivity contribution in [2.75, 3.05) is 26.2 Å². The van der Waals surface area contributed by atoms with Gasteiger partial charge in [0.05, 0.1) is 5.56 Å². The smallest absolute Gasteiger partial charge is 0.416 e. The van der Waals surface area contributed by atoms with Crippen LogP contribution in [0.25, 0.3) is 0 Å². The third-order valence-corrected chi connectivity index (χ3v) is 4.90. The number of carbonyl (C=O) groups is 1. The van der Waals surface area contributed by atoms with Gasteiger partial charge in [-0.2, -0.15) is 13.2 Å². The molecule has 4 nitrogen and oxygen atoms in total. The number of nitrogens with zero attached hydrogens (tertiary/aromatic N) is 2. The number of hydrogen-bond donors (Lipinski definition) is 0. The van der Waals surface area contributed by atoms with Crippen LogP contribution in [0.5, 0.6) is 5.75 Å². The lowest BCUT2D eigenvalue weighted by atomic mass is 10.1. The summed E-state index contributed by atoms with van der Waals surface area (Å²) in [6.07, 6.45) is -4.41. The van der Waals surface area contributed by atoms with E-state index in [1.165, 1.54) is 24.3 Å². The number of benzene rings is 2. The lowest BCUT2D eigenvalue weighted by Gasteiger charge is -2.39. The second-order valence-corrected chi connectivity index (χ2v) is 7.11. The molecule has 0 radical (unpaired) electrons. The molecule has 0 spiro atoms. The van der Waals surface area contributed by atoms with E-state index in [4.69, 9.17) is 4.74 Å². The van der Waals surface area contributed by atoms with E-state index in [2.05, 4.69) is 4.90 Å². The minimum absolute atomic E-state index is 0.0343. The van der Waals surface area contributed by atoms with Crippen molar-refractivity contribution in [2.45, 2.75) is 25.7 Å². The molecule has 1 atom stereocenters. The monoisotopic (exact) mass is 410 g/mol. The highest BCUT2D eigenvalue weighted by atomic mass is 19.4. The average molecular weight is 410 g/mol. The van der Waals surface area contributed by atoms with Crippen LogP contribution in [0, 0.1) is 5.82 Å². The summed E-state index contributed by atoms with van der Waals surface area (Å²) in [5.41, 5.74) is 0.242. The molecule has 1 heterocycles. The number of rotatable bonds is 5. The van der Waals surface area contributed by atoms with E-state index in [9.17, 15) is 22.4 Å². The first-order chi connectivity index (χ1) is 13.7. The second kappa shape index (κ2) is 8.82. The van der Waals surface area contributed by atoms with Crippen LogP contribution in [0.2, 0.25) is 0 Å². The van der Waals surface area contributed by atoms with Crippen molar-refractivity contribution in [1.82, 2.24) is 9.80 Å². The molecule has 29 heavy (non-hydrogen) atoms. The third-order valence-electron chi connectivity index (χ3n) is 4.90. The summed E-state index contributed by atoms with van der Waals surface area (Å²) in [7, 11) is 0. The molecule has 156 valence electrons. The SMILES string of the molecule is C[C@@H]1CN(Cc2ccc(F)cc2)CCN1C(=O)COc1ccc(C(F)(F)F)cc1. The summed E-state index contributed by atoms with van der Waals surface area (Å²) in [5.74, 6) is -0.265. The molecule has 0 aliphatic carbocycles. The topological polar surface area (TPSA) is 32.8 Å². The van der Waals surface area contributed by atoms with E-state index in [1.807, 2.05) is 6.92 Å². The molecule has 0 aromatic heterocycles. The minimum Gasteiger partial charge on any atom is -0.484 e. The Labute approximate surface area is 166 Å². The Morgan fingerprint density at radius 2 is 1.72 bits per heavy atom. The van der Waals surface area contributed by atoms with Crippen molar-refractivity contribution in [3.05, 3.63) is 65.5 Å². The lowest BCUT2D eigenvalue weighted by Crippen LogP contribution is -2.54. The second-order valence-electron chi connectivity index (χ2n) is 7.11. The van der Waals surface area contributed by atoms with Gasteiger partial charge in [0.15, 0.2) is 6.61 Å². The highest BCUT2D eigenvalue weighted by molar-refractivity contribution is 5.78. The van der Waals surface area contributed by atoms with Crippen LogP contribution in [0.3, 0.4) is 0 Å². The molecule has 1 fully saturated rings. The summed E-state index contributed by atoms with van der Waals surface area (Å²) in [6, 6.07) is 10.6. The largest absolute Gasteiger partial charge is 0.484 e. The standard InChI is InChI=1S/C21H22F4N2O2/c1-15-12-26(13-16-2-6-18(22)7-3-16)10-11-27(15)20(28)14-29-19-8-4-17(5-9-19)21(23,24)25/h2-9,15H,10-14H2,1H3/t15-/m1/s1. The number of ether oxygens (including phenoxy) is 1. The molecule has 8 heteroatoms. The normalized spacial score (nSPS) is 18.0. The Morgan fingerprint density at radius 1 is 1.07 bits per heavy atom. The molecule has 0 N–H and O–H groups in total. The zero-order valence-corrected chi connectivity index (χ0v) is 16.0. The summed E-state index contributed by atoms with van der Waals surface area (Å²) >= 11 is 0. The molecule has 2 aromatic rings. The van der Waals surface area contributed by atoms with Crippen LogP contribution < -0.4 is 4.74 Å². The van der Waals surface area contributed by atoms with Gasteiger partial charge in [0.1, 0.15) is 11.6 Å². The van der Waals surface area contributed by atoms with Crippen molar-refractivity contribution in [3.8, 4) is 5.75 Å². The number of carbonyl (C=O) groups excluding carboxylic acids is 1. The maximum absolute atomic E-state index is 13.0. The van der Waals surface area contributed by atoms with E-state index in [0.717, 1.165) is 17.7 Å². The quantitative estimate of drug-likeness (QED) is 0.700. The van der Waals surface area contributed by atoms with E-state index in [1.54, 1.807) is 17.0 Å². The van der Waals surface area contributed by atoms with Gasteiger partial charge in [-0.3, -0.25) is 9.69 Å². The Morgan fingerprint density at radius 3 is 2.31 bits per heavy atom. The molecule has 3 rings (SSSR count). The molecule has 1 aliphatic rings. The van der Waals surface area contributed by atoms with Gasteiger partial charge in [0, 0.05) is 32.2 Å². The van der Waals surface area contributed by atoms with Gasteiger partial charge >= 0.3 is 6.18 Å². The zero-order chi connectivity index (χ0) is 21.0. The first kappa shape index (κ1) is 21.1.